The summed E-state index contributed by atoms with van der Waals surface area (Å²) in [5, 5.41) is 2.05. The first-order valence-electron chi connectivity index (χ1n) is 8.34. The number of benzene rings is 1. The zero-order valence-electron chi connectivity index (χ0n) is 14.6. The molecule has 0 saturated carbocycles. The van der Waals surface area contributed by atoms with Crippen LogP contribution in [0.5, 0.6) is 11.5 Å². The molecule has 0 unspecified atom stereocenters. The van der Waals surface area contributed by atoms with E-state index in [-0.39, 0.29) is 5.78 Å². The van der Waals surface area contributed by atoms with Crippen LogP contribution in [0.2, 0.25) is 0 Å². The minimum atomic E-state index is 0.0367. The lowest BCUT2D eigenvalue weighted by molar-refractivity contribution is 0.102. The van der Waals surface area contributed by atoms with Gasteiger partial charge in [-0.3, -0.25) is 4.79 Å². The maximum absolute atomic E-state index is 12.6. The number of methoxy groups -OCH3 is 2. The molecule has 0 aliphatic heterocycles. The third-order valence-corrected chi connectivity index (χ3v) is 6.70. The topological polar surface area (TPSA) is 61.3 Å². The van der Waals surface area contributed by atoms with Gasteiger partial charge in [-0.15, -0.1) is 11.3 Å². The third kappa shape index (κ3) is 3.05. The van der Waals surface area contributed by atoms with Crippen LogP contribution in [0, 0.1) is 0 Å². The Kier molecular flexibility index (Phi) is 4.82. The van der Waals surface area contributed by atoms with E-state index in [4.69, 9.17) is 9.47 Å². The van der Waals surface area contributed by atoms with Crippen LogP contribution in [0.3, 0.4) is 0 Å². The molecular formula is C19H18N2O3S2. The summed E-state index contributed by atoms with van der Waals surface area (Å²) in [7, 11) is 3.14. The van der Waals surface area contributed by atoms with Crippen LogP contribution in [0.15, 0.2) is 29.6 Å². The molecule has 0 radical (unpaired) electrons. The van der Waals surface area contributed by atoms with Crippen molar-refractivity contribution < 1.29 is 14.3 Å². The Bertz CT molecular complexity index is 984. The molecule has 4 rings (SSSR count). The highest BCUT2D eigenvalue weighted by molar-refractivity contribution is 8.00. The average molecular weight is 386 g/mol. The van der Waals surface area contributed by atoms with Gasteiger partial charge in [0.15, 0.2) is 17.3 Å². The largest absolute Gasteiger partial charge is 0.493 e. The van der Waals surface area contributed by atoms with Crippen molar-refractivity contribution in [2.75, 3.05) is 20.0 Å². The van der Waals surface area contributed by atoms with Crippen LogP contribution >= 0.6 is 23.1 Å². The zero-order chi connectivity index (χ0) is 18.1. The van der Waals surface area contributed by atoms with Gasteiger partial charge in [-0.1, -0.05) is 11.8 Å². The van der Waals surface area contributed by atoms with Gasteiger partial charge in [0.25, 0.3) is 0 Å². The smallest absolute Gasteiger partial charge is 0.173 e. The number of ether oxygens (including phenoxy) is 2. The molecule has 2 aromatic heterocycles. The fraction of sp³-hybridized carbons (Fsp3) is 0.316. The molecule has 3 aromatic rings. The molecule has 0 bridgehead atoms. The van der Waals surface area contributed by atoms with Crippen molar-refractivity contribution in [1.82, 2.24) is 9.97 Å². The standard InChI is InChI=1S/C19H18N2O3S2/c1-23-14-7-6-11(8-15(14)24-2)13(22)9-25-18-17-12-4-3-5-16(12)26-19(17)21-10-20-18/h6-8,10H,3-5,9H2,1-2H3. The van der Waals surface area contributed by atoms with E-state index in [9.17, 15) is 4.79 Å². The number of hydrogen-bond acceptors (Lipinski definition) is 7. The summed E-state index contributed by atoms with van der Waals surface area (Å²) in [6, 6.07) is 5.24. The van der Waals surface area contributed by atoms with Gasteiger partial charge >= 0.3 is 0 Å². The summed E-state index contributed by atoms with van der Waals surface area (Å²) in [6.45, 7) is 0. The normalized spacial score (nSPS) is 13.0. The van der Waals surface area contributed by atoms with E-state index in [1.807, 2.05) is 0 Å². The number of ketones is 1. The number of Topliss-reactive ketones (excluding diaryl/α,β-unsaturated/α-hetero) is 1. The van der Waals surface area contributed by atoms with Gasteiger partial charge in [0.2, 0.25) is 0 Å². The van der Waals surface area contributed by atoms with E-state index in [0.29, 0.717) is 22.8 Å². The van der Waals surface area contributed by atoms with Gasteiger partial charge in [-0.25, -0.2) is 9.97 Å². The highest BCUT2D eigenvalue weighted by atomic mass is 32.2. The third-order valence-electron chi connectivity index (χ3n) is 4.51. The lowest BCUT2D eigenvalue weighted by Gasteiger charge is -2.09. The Balaban J connectivity index is 1.56. The number of aromatic nitrogens is 2. The molecule has 5 nitrogen and oxygen atoms in total. The number of rotatable bonds is 6. The van der Waals surface area contributed by atoms with Crippen LogP contribution in [-0.4, -0.2) is 35.7 Å². The van der Waals surface area contributed by atoms with Gasteiger partial charge in [0, 0.05) is 15.8 Å². The van der Waals surface area contributed by atoms with Crippen molar-refractivity contribution in [3.8, 4) is 11.5 Å². The lowest BCUT2D eigenvalue weighted by Crippen LogP contribution is -2.04. The predicted molar refractivity (Wildman–Crippen MR) is 104 cm³/mol. The number of thiophene rings is 1. The number of carbonyl (C=O) groups excluding carboxylic acids is 1. The number of hydrogen-bond donors (Lipinski definition) is 0. The first kappa shape index (κ1) is 17.3. The first-order valence-corrected chi connectivity index (χ1v) is 10.1. The van der Waals surface area contributed by atoms with Crippen molar-refractivity contribution in [3.63, 3.8) is 0 Å². The van der Waals surface area contributed by atoms with Crippen molar-refractivity contribution in [2.45, 2.75) is 24.3 Å². The SMILES string of the molecule is COc1ccc(C(=O)CSc2ncnc3sc4c(c23)CCC4)cc1OC. The van der Waals surface area contributed by atoms with E-state index in [2.05, 4.69) is 9.97 Å². The van der Waals surface area contributed by atoms with E-state index < -0.39 is 0 Å². The molecule has 1 aromatic carbocycles. The summed E-state index contributed by atoms with van der Waals surface area (Å²) in [5.41, 5.74) is 1.99. The van der Waals surface area contributed by atoms with E-state index in [1.165, 1.54) is 28.6 Å². The zero-order valence-corrected chi connectivity index (χ0v) is 16.2. The van der Waals surface area contributed by atoms with Crippen LogP contribution in [0.4, 0.5) is 0 Å². The van der Waals surface area contributed by atoms with Gasteiger partial charge < -0.3 is 9.47 Å². The van der Waals surface area contributed by atoms with Crippen molar-refractivity contribution in [3.05, 3.63) is 40.5 Å². The molecule has 1 aliphatic carbocycles. The van der Waals surface area contributed by atoms with Crippen LogP contribution < -0.4 is 9.47 Å². The van der Waals surface area contributed by atoms with E-state index in [0.717, 1.165) is 28.1 Å². The minimum Gasteiger partial charge on any atom is -0.493 e. The molecule has 0 fully saturated rings. The molecule has 0 atom stereocenters. The van der Waals surface area contributed by atoms with Crippen molar-refractivity contribution in [1.29, 1.82) is 0 Å². The Morgan fingerprint density at radius 2 is 2.04 bits per heavy atom. The molecule has 0 N–H and O–H groups in total. The predicted octanol–water partition coefficient (Wildman–Crippen LogP) is 4.17. The maximum Gasteiger partial charge on any atom is 0.173 e. The van der Waals surface area contributed by atoms with Gasteiger partial charge in [-0.2, -0.15) is 0 Å². The molecule has 26 heavy (non-hydrogen) atoms. The highest BCUT2D eigenvalue weighted by Gasteiger charge is 2.22. The monoisotopic (exact) mass is 386 g/mol. The first-order chi connectivity index (χ1) is 12.7. The summed E-state index contributed by atoms with van der Waals surface area (Å²) in [6.07, 6.45) is 5.00. The summed E-state index contributed by atoms with van der Waals surface area (Å²) < 4.78 is 10.5. The number of thioether (sulfide) groups is 1. The molecule has 134 valence electrons. The van der Waals surface area contributed by atoms with Crippen LogP contribution in [0.25, 0.3) is 10.2 Å². The summed E-state index contributed by atoms with van der Waals surface area (Å²) >= 11 is 3.24. The van der Waals surface area contributed by atoms with Crippen LogP contribution in [0.1, 0.15) is 27.2 Å². The number of fused-ring (bicyclic) bond motifs is 3. The number of nitrogens with zero attached hydrogens (tertiary/aromatic N) is 2. The molecule has 0 saturated heterocycles. The Morgan fingerprint density at radius 1 is 1.19 bits per heavy atom. The second-order valence-electron chi connectivity index (χ2n) is 6.00. The van der Waals surface area contributed by atoms with Crippen LogP contribution in [-0.2, 0) is 12.8 Å². The Labute approximate surface area is 159 Å². The fourth-order valence-corrected chi connectivity index (χ4v) is 5.45. The van der Waals surface area contributed by atoms with Gasteiger partial charge in [0.05, 0.1) is 20.0 Å². The highest BCUT2D eigenvalue weighted by Crippen LogP contribution is 2.40. The Morgan fingerprint density at radius 3 is 2.85 bits per heavy atom. The molecule has 7 heteroatoms. The minimum absolute atomic E-state index is 0.0367. The second kappa shape index (κ2) is 7.25. The molecule has 1 aliphatic rings. The van der Waals surface area contributed by atoms with Crippen molar-refractivity contribution >= 4 is 39.1 Å². The average Bonchev–Trinajstić information content (AvgIpc) is 3.26. The molecule has 0 spiro atoms. The summed E-state index contributed by atoms with van der Waals surface area (Å²) in [4.78, 5) is 23.9. The van der Waals surface area contributed by atoms with Gasteiger partial charge in [-0.05, 0) is 43.0 Å². The van der Waals surface area contributed by atoms with E-state index >= 15 is 0 Å². The quantitative estimate of drug-likeness (QED) is 0.360. The molecule has 2 heterocycles. The summed E-state index contributed by atoms with van der Waals surface area (Å²) in [5.74, 6) is 1.53. The maximum atomic E-state index is 12.6. The number of aryl methyl sites for hydroxylation is 2. The fourth-order valence-electron chi connectivity index (χ4n) is 3.24. The van der Waals surface area contributed by atoms with Crippen molar-refractivity contribution in [2.24, 2.45) is 0 Å². The lowest BCUT2D eigenvalue weighted by atomic mass is 10.1. The molecule has 0 amide bonds. The van der Waals surface area contributed by atoms with Gasteiger partial charge in [0.1, 0.15) is 16.2 Å². The molecular weight excluding hydrogens is 368 g/mol. The Hall–Kier alpha value is -2.12. The van der Waals surface area contributed by atoms with E-state index in [1.54, 1.807) is 50.1 Å². The number of carbonyl (C=O) groups is 1. The second-order valence-corrected chi connectivity index (χ2v) is 8.05.